The van der Waals surface area contributed by atoms with Gasteiger partial charge < -0.3 is 10.6 Å². The Bertz CT molecular complexity index is 776. The zero-order valence-corrected chi connectivity index (χ0v) is 13.4. The molecule has 2 atom stereocenters. The quantitative estimate of drug-likeness (QED) is 0.693. The van der Waals surface area contributed by atoms with Crippen molar-refractivity contribution in [3.05, 3.63) is 75.3 Å². The third-order valence-corrected chi connectivity index (χ3v) is 4.53. The van der Waals surface area contributed by atoms with E-state index in [9.17, 15) is 14.9 Å². The van der Waals surface area contributed by atoms with E-state index in [2.05, 4.69) is 0 Å². The van der Waals surface area contributed by atoms with Crippen LogP contribution in [0, 0.1) is 17.0 Å². The molecule has 6 nitrogen and oxygen atoms in total. The summed E-state index contributed by atoms with van der Waals surface area (Å²) in [7, 11) is 0. The Kier molecular flexibility index (Phi) is 4.31. The van der Waals surface area contributed by atoms with Gasteiger partial charge in [0.15, 0.2) is 0 Å². The highest BCUT2D eigenvalue weighted by atomic mass is 16.6. The molecule has 1 amide bonds. The third-order valence-electron chi connectivity index (χ3n) is 4.53. The highest BCUT2D eigenvalue weighted by Crippen LogP contribution is 2.30. The van der Waals surface area contributed by atoms with Crippen LogP contribution in [0.25, 0.3) is 0 Å². The Labute approximate surface area is 140 Å². The minimum absolute atomic E-state index is 0.0408. The van der Waals surface area contributed by atoms with Crippen molar-refractivity contribution < 1.29 is 9.72 Å². The van der Waals surface area contributed by atoms with Gasteiger partial charge in [0.25, 0.3) is 11.6 Å². The lowest BCUT2D eigenvalue weighted by Gasteiger charge is -2.17. The SMILES string of the molecule is Cc1cccc(C(=O)N2C[C@@H](N)[C@H](c3ccccc3)C2)c1[N+](=O)[O-]. The molecule has 24 heavy (non-hydrogen) atoms. The van der Waals surface area contributed by atoms with Crippen LogP contribution in [-0.4, -0.2) is 34.9 Å². The van der Waals surface area contributed by atoms with Crippen molar-refractivity contribution in [1.82, 2.24) is 4.90 Å². The number of likely N-dealkylation sites (tertiary alicyclic amines) is 1. The normalized spacial score (nSPS) is 20.2. The summed E-state index contributed by atoms with van der Waals surface area (Å²) >= 11 is 0. The molecule has 0 aromatic heterocycles. The van der Waals surface area contributed by atoms with Gasteiger partial charge in [-0.15, -0.1) is 0 Å². The summed E-state index contributed by atoms with van der Waals surface area (Å²) in [6.07, 6.45) is 0. The first-order valence-electron chi connectivity index (χ1n) is 7.83. The van der Waals surface area contributed by atoms with Gasteiger partial charge in [-0.3, -0.25) is 14.9 Å². The van der Waals surface area contributed by atoms with E-state index in [0.29, 0.717) is 18.7 Å². The summed E-state index contributed by atoms with van der Waals surface area (Å²) in [5.41, 5.74) is 7.78. The fourth-order valence-electron chi connectivity index (χ4n) is 3.29. The minimum Gasteiger partial charge on any atom is -0.336 e. The Morgan fingerprint density at radius 3 is 2.54 bits per heavy atom. The maximum Gasteiger partial charge on any atom is 0.285 e. The predicted octanol–water partition coefficient (Wildman–Crippen LogP) is 2.47. The van der Waals surface area contributed by atoms with Crippen molar-refractivity contribution in [3.8, 4) is 0 Å². The fourth-order valence-corrected chi connectivity index (χ4v) is 3.29. The second-order valence-corrected chi connectivity index (χ2v) is 6.12. The molecule has 1 heterocycles. The summed E-state index contributed by atoms with van der Waals surface area (Å²) in [5, 5.41) is 11.3. The number of benzene rings is 2. The zero-order valence-electron chi connectivity index (χ0n) is 13.4. The number of rotatable bonds is 3. The molecule has 0 unspecified atom stereocenters. The molecule has 0 saturated carbocycles. The summed E-state index contributed by atoms with van der Waals surface area (Å²) in [4.78, 5) is 25.3. The van der Waals surface area contributed by atoms with Crippen LogP contribution >= 0.6 is 0 Å². The molecule has 0 aliphatic carbocycles. The monoisotopic (exact) mass is 325 g/mol. The molecule has 3 rings (SSSR count). The molecular formula is C18H19N3O3. The highest BCUT2D eigenvalue weighted by molar-refractivity contribution is 5.99. The van der Waals surface area contributed by atoms with Gasteiger partial charge in [-0.05, 0) is 18.6 Å². The summed E-state index contributed by atoms with van der Waals surface area (Å²) in [6, 6.07) is 14.4. The smallest absolute Gasteiger partial charge is 0.285 e. The summed E-state index contributed by atoms with van der Waals surface area (Å²) in [5.74, 6) is -0.293. The summed E-state index contributed by atoms with van der Waals surface area (Å²) in [6.45, 7) is 2.50. The van der Waals surface area contributed by atoms with Crippen LogP contribution < -0.4 is 5.73 Å². The van der Waals surface area contributed by atoms with Crippen molar-refractivity contribution in [1.29, 1.82) is 0 Å². The van der Waals surface area contributed by atoms with Crippen LogP contribution in [0.4, 0.5) is 5.69 Å². The highest BCUT2D eigenvalue weighted by Gasteiger charge is 2.36. The zero-order chi connectivity index (χ0) is 17.3. The maximum absolute atomic E-state index is 12.8. The van der Waals surface area contributed by atoms with E-state index in [1.54, 1.807) is 24.0 Å². The molecule has 1 saturated heterocycles. The molecule has 0 spiro atoms. The van der Waals surface area contributed by atoms with Gasteiger partial charge in [0.05, 0.1) is 4.92 Å². The van der Waals surface area contributed by atoms with Crippen LogP contribution in [0.2, 0.25) is 0 Å². The van der Waals surface area contributed by atoms with Crippen molar-refractivity contribution in [2.75, 3.05) is 13.1 Å². The number of amides is 1. The Morgan fingerprint density at radius 2 is 1.88 bits per heavy atom. The Hall–Kier alpha value is -2.73. The van der Waals surface area contributed by atoms with Crippen molar-refractivity contribution in [3.63, 3.8) is 0 Å². The van der Waals surface area contributed by atoms with Crippen LogP contribution in [-0.2, 0) is 0 Å². The Morgan fingerprint density at radius 1 is 1.17 bits per heavy atom. The molecular weight excluding hydrogens is 306 g/mol. The number of para-hydroxylation sites is 1. The lowest BCUT2D eigenvalue weighted by atomic mass is 9.95. The number of nitrogens with two attached hydrogens (primary N) is 1. The molecule has 6 heteroatoms. The van der Waals surface area contributed by atoms with E-state index in [1.165, 1.54) is 6.07 Å². The standard InChI is InChI=1S/C18H19N3O3/c1-12-6-5-9-14(17(12)21(23)24)18(22)20-10-15(16(19)11-20)13-7-3-2-4-8-13/h2-9,15-16H,10-11,19H2,1H3/t15-,16+/m0/s1. The molecule has 124 valence electrons. The van der Waals surface area contributed by atoms with E-state index < -0.39 is 4.92 Å². The topological polar surface area (TPSA) is 89.5 Å². The van der Waals surface area contributed by atoms with Gasteiger partial charge in [0.2, 0.25) is 0 Å². The number of hydrogen-bond donors (Lipinski definition) is 1. The van der Waals surface area contributed by atoms with Gasteiger partial charge in [0.1, 0.15) is 5.56 Å². The first kappa shape index (κ1) is 16.1. The molecule has 2 N–H and O–H groups in total. The largest absolute Gasteiger partial charge is 0.336 e. The molecule has 0 radical (unpaired) electrons. The van der Waals surface area contributed by atoms with E-state index in [-0.39, 0.29) is 29.1 Å². The fraction of sp³-hybridized carbons (Fsp3) is 0.278. The van der Waals surface area contributed by atoms with E-state index in [1.807, 2.05) is 30.3 Å². The minimum atomic E-state index is -0.493. The van der Waals surface area contributed by atoms with Gasteiger partial charge >= 0.3 is 0 Å². The van der Waals surface area contributed by atoms with Gasteiger partial charge in [-0.2, -0.15) is 0 Å². The first-order chi connectivity index (χ1) is 11.5. The first-order valence-corrected chi connectivity index (χ1v) is 7.83. The average molecular weight is 325 g/mol. The maximum atomic E-state index is 12.8. The number of nitro groups is 1. The number of carbonyl (C=O) groups excluding carboxylic acids is 1. The molecule has 1 aliphatic rings. The number of hydrogen-bond acceptors (Lipinski definition) is 4. The number of nitro benzene ring substituents is 1. The van der Waals surface area contributed by atoms with Crippen molar-refractivity contribution in [2.24, 2.45) is 5.73 Å². The second kappa shape index (κ2) is 6.41. The van der Waals surface area contributed by atoms with Gasteiger partial charge in [-0.1, -0.05) is 42.5 Å². The second-order valence-electron chi connectivity index (χ2n) is 6.12. The van der Waals surface area contributed by atoms with Crippen LogP contribution in [0.3, 0.4) is 0 Å². The Balaban J connectivity index is 1.88. The van der Waals surface area contributed by atoms with Crippen molar-refractivity contribution in [2.45, 2.75) is 18.9 Å². The van der Waals surface area contributed by atoms with E-state index in [4.69, 9.17) is 5.73 Å². The van der Waals surface area contributed by atoms with Crippen LogP contribution in [0.5, 0.6) is 0 Å². The number of aryl methyl sites for hydroxylation is 1. The molecule has 1 fully saturated rings. The average Bonchev–Trinajstić information content (AvgIpc) is 2.96. The predicted molar refractivity (Wildman–Crippen MR) is 90.9 cm³/mol. The number of carbonyl (C=O) groups is 1. The van der Waals surface area contributed by atoms with Gasteiger partial charge in [-0.25, -0.2) is 0 Å². The summed E-state index contributed by atoms with van der Waals surface area (Å²) < 4.78 is 0. The van der Waals surface area contributed by atoms with Gasteiger partial charge in [0, 0.05) is 30.6 Å². The lowest BCUT2D eigenvalue weighted by molar-refractivity contribution is -0.385. The van der Waals surface area contributed by atoms with Crippen LogP contribution in [0.1, 0.15) is 27.4 Å². The van der Waals surface area contributed by atoms with E-state index in [0.717, 1.165) is 5.56 Å². The molecule has 1 aliphatic heterocycles. The lowest BCUT2D eigenvalue weighted by Crippen LogP contribution is -2.32. The van der Waals surface area contributed by atoms with Crippen molar-refractivity contribution >= 4 is 11.6 Å². The van der Waals surface area contributed by atoms with Crippen LogP contribution in [0.15, 0.2) is 48.5 Å². The molecule has 0 bridgehead atoms. The molecule has 2 aromatic carbocycles. The molecule has 2 aromatic rings. The van der Waals surface area contributed by atoms with E-state index >= 15 is 0 Å². The third kappa shape index (κ3) is 2.88. The number of nitrogens with zero attached hydrogens (tertiary/aromatic N) is 2.